The fourth-order valence-corrected chi connectivity index (χ4v) is 3.87. The molecule has 172 valence electrons. The standard InChI is InChI=1S/C25H26FN3O4/c1-3-22-27-16(2)23(33-22)25(31)29-15-7-6-9-20(29)24(30)28-17-11-13-18(14-12-17)32-21-10-5-4-8-19(21)26/h4-5,8,10-14,20H,3,6-7,9,15H2,1-2H3,(H,28,30)/t20-/m0/s1. The van der Waals surface area contributed by atoms with Crippen molar-refractivity contribution in [1.82, 2.24) is 9.88 Å². The number of amides is 2. The molecule has 2 aromatic carbocycles. The number of rotatable bonds is 6. The average Bonchev–Trinajstić information content (AvgIpc) is 3.22. The molecule has 1 aromatic heterocycles. The first-order valence-corrected chi connectivity index (χ1v) is 11.1. The Labute approximate surface area is 191 Å². The van der Waals surface area contributed by atoms with Crippen LogP contribution in [0.1, 0.15) is 48.3 Å². The van der Waals surface area contributed by atoms with Gasteiger partial charge in [0.1, 0.15) is 11.8 Å². The molecule has 7 nitrogen and oxygen atoms in total. The predicted molar refractivity (Wildman–Crippen MR) is 121 cm³/mol. The van der Waals surface area contributed by atoms with Crippen molar-refractivity contribution in [2.45, 2.75) is 45.6 Å². The normalized spacial score (nSPS) is 15.8. The number of benzene rings is 2. The van der Waals surface area contributed by atoms with Crippen LogP contribution in [0.4, 0.5) is 10.1 Å². The van der Waals surface area contributed by atoms with Crippen molar-refractivity contribution < 1.29 is 23.1 Å². The second-order valence-corrected chi connectivity index (χ2v) is 7.93. The molecule has 4 rings (SSSR count). The molecule has 0 spiro atoms. The van der Waals surface area contributed by atoms with E-state index in [0.29, 0.717) is 42.4 Å². The van der Waals surface area contributed by atoms with Gasteiger partial charge in [-0.3, -0.25) is 9.59 Å². The van der Waals surface area contributed by atoms with Crippen LogP contribution < -0.4 is 10.1 Å². The number of anilines is 1. The SMILES string of the molecule is CCc1nc(C)c(C(=O)N2CCCC[C@H]2C(=O)Nc2ccc(Oc3ccccc3F)cc2)o1. The topological polar surface area (TPSA) is 84.7 Å². The highest BCUT2D eigenvalue weighted by atomic mass is 19.1. The third-order valence-electron chi connectivity index (χ3n) is 5.59. The van der Waals surface area contributed by atoms with Gasteiger partial charge in [-0.25, -0.2) is 9.37 Å². The summed E-state index contributed by atoms with van der Waals surface area (Å²) >= 11 is 0. The third kappa shape index (κ3) is 5.05. The molecule has 3 aromatic rings. The van der Waals surface area contributed by atoms with E-state index in [1.807, 2.05) is 6.92 Å². The number of hydrogen-bond acceptors (Lipinski definition) is 5. The number of aryl methyl sites for hydroxylation is 2. The van der Waals surface area contributed by atoms with Crippen LogP contribution in [0.3, 0.4) is 0 Å². The van der Waals surface area contributed by atoms with Gasteiger partial charge in [-0.2, -0.15) is 0 Å². The van der Waals surface area contributed by atoms with Gasteiger partial charge in [-0.15, -0.1) is 0 Å². The van der Waals surface area contributed by atoms with Crippen LogP contribution in [0.15, 0.2) is 52.9 Å². The summed E-state index contributed by atoms with van der Waals surface area (Å²) in [5, 5.41) is 2.87. The minimum absolute atomic E-state index is 0.125. The first-order valence-electron chi connectivity index (χ1n) is 11.1. The monoisotopic (exact) mass is 451 g/mol. The second-order valence-electron chi connectivity index (χ2n) is 7.93. The predicted octanol–water partition coefficient (Wildman–Crippen LogP) is 5.11. The number of halogens is 1. The Morgan fingerprint density at radius 1 is 1.18 bits per heavy atom. The molecule has 1 aliphatic heterocycles. The van der Waals surface area contributed by atoms with Crippen LogP contribution in [0, 0.1) is 12.7 Å². The molecular weight excluding hydrogens is 425 g/mol. The van der Waals surface area contributed by atoms with Gasteiger partial charge in [-0.1, -0.05) is 19.1 Å². The molecule has 33 heavy (non-hydrogen) atoms. The first kappa shape index (κ1) is 22.5. The molecule has 0 aliphatic carbocycles. The maximum Gasteiger partial charge on any atom is 0.292 e. The van der Waals surface area contributed by atoms with Crippen molar-refractivity contribution in [3.63, 3.8) is 0 Å². The number of para-hydroxylation sites is 1. The van der Waals surface area contributed by atoms with Crippen LogP contribution in [-0.4, -0.2) is 34.3 Å². The van der Waals surface area contributed by atoms with E-state index in [9.17, 15) is 14.0 Å². The summed E-state index contributed by atoms with van der Waals surface area (Å²) in [7, 11) is 0. The minimum Gasteiger partial charge on any atom is -0.454 e. The Bertz CT molecular complexity index is 1140. The van der Waals surface area contributed by atoms with Crippen LogP contribution in [-0.2, 0) is 11.2 Å². The Balaban J connectivity index is 1.44. The van der Waals surface area contributed by atoms with Crippen molar-refractivity contribution in [1.29, 1.82) is 0 Å². The zero-order valence-electron chi connectivity index (χ0n) is 18.6. The third-order valence-corrected chi connectivity index (χ3v) is 5.59. The zero-order chi connectivity index (χ0) is 23.4. The number of piperidine rings is 1. The Morgan fingerprint density at radius 2 is 1.94 bits per heavy atom. The first-order chi connectivity index (χ1) is 16.0. The average molecular weight is 451 g/mol. The number of aromatic nitrogens is 1. The van der Waals surface area contributed by atoms with Crippen LogP contribution in [0.5, 0.6) is 11.5 Å². The van der Waals surface area contributed by atoms with E-state index < -0.39 is 11.9 Å². The maximum atomic E-state index is 13.8. The fraction of sp³-hybridized carbons (Fsp3) is 0.320. The van der Waals surface area contributed by atoms with Crippen molar-refractivity contribution in [3.05, 3.63) is 71.7 Å². The van der Waals surface area contributed by atoms with E-state index in [1.165, 1.54) is 6.07 Å². The molecular formula is C25H26FN3O4. The van der Waals surface area contributed by atoms with Crippen LogP contribution >= 0.6 is 0 Å². The van der Waals surface area contributed by atoms with Crippen molar-refractivity contribution in [2.24, 2.45) is 0 Å². The molecule has 1 aliphatic rings. The van der Waals surface area contributed by atoms with Crippen molar-refractivity contribution in [2.75, 3.05) is 11.9 Å². The Morgan fingerprint density at radius 3 is 2.64 bits per heavy atom. The van der Waals surface area contributed by atoms with E-state index in [2.05, 4.69) is 10.3 Å². The van der Waals surface area contributed by atoms with Gasteiger partial charge in [0.05, 0.1) is 5.69 Å². The highest BCUT2D eigenvalue weighted by Gasteiger charge is 2.35. The van der Waals surface area contributed by atoms with E-state index in [0.717, 1.165) is 12.8 Å². The molecule has 1 fully saturated rings. The number of ether oxygens (including phenoxy) is 1. The molecule has 1 atom stereocenters. The van der Waals surface area contributed by atoms with E-state index in [-0.39, 0.29) is 23.3 Å². The van der Waals surface area contributed by atoms with E-state index in [4.69, 9.17) is 9.15 Å². The largest absolute Gasteiger partial charge is 0.454 e. The summed E-state index contributed by atoms with van der Waals surface area (Å²) < 4.78 is 24.9. The highest BCUT2D eigenvalue weighted by Crippen LogP contribution is 2.26. The molecule has 0 bridgehead atoms. The number of nitrogens with zero attached hydrogens (tertiary/aromatic N) is 2. The molecule has 1 N–H and O–H groups in total. The summed E-state index contributed by atoms with van der Waals surface area (Å²) in [6.45, 7) is 4.12. The number of carbonyl (C=O) groups is 2. The summed E-state index contributed by atoms with van der Waals surface area (Å²) in [6, 6.07) is 12.2. The summed E-state index contributed by atoms with van der Waals surface area (Å²) in [5.74, 6) is 0.240. The number of likely N-dealkylation sites (tertiary alicyclic amines) is 1. The lowest BCUT2D eigenvalue weighted by Crippen LogP contribution is -2.50. The van der Waals surface area contributed by atoms with Gasteiger partial charge < -0.3 is 19.4 Å². The van der Waals surface area contributed by atoms with Gasteiger partial charge >= 0.3 is 0 Å². The van der Waals surface area contributed by atoms with E-state index in [1.54, 1.807) is 54.3 Å². The van der Waals surface area contributed by atoms with Crippen LogP contribution in [0.2, 0.25) is 0 Å². The lowest BCUT2D eigenvalue weighted by atomic mass is 10.0. The second kappa shape index (κ2) is 9.85. The molecule has 0 saturated carbocycles. The summed E-state index contributed by atoms with van der Waals surface area (Å²) in [5.41, 5.74) is 1.09. The van der Waals surface area contributed by atoms with Gasteiger partial charge in [0, 0.05) is 18.7 Å². The van der Waals surface area contributed by atoms with E-state index >= 15 is 0 Å². The molecule has 2 amide bonds. The number of carbonyl (C=O) groups excluding carboxylic acids is 2. The zero-order valence-corrected chi connectivity index (χ0v) is 18.6. The Kier molecular flexibility index (Phi) is 6.72. The highest BCUT2D eigenvalue weighted by molar-refractivity contribution is 6.00. The lowest BCUT2D eigenvalue weighted by molar-refractivity contribution is -0.121. The van der Waals surface area contributed by atoms with Gasteiger partial charge in [0.15, 0.2) is 17.5 Å². The summed E-state index contributed by atoms with van der Waals surface area (Å²) in [6.07, 6.45) is 2.84. The van der Waals surface area contributed by atoms with Crippen LogP contribution in [0.25, 0.3) is 0 Å². The fourth-order valence-electron chi connectivity index (χ4n) is 3.87. The smallest absolute Gasteiger partial charge is 0.292 e. The number of nitrogens with one attached hydrogen (secondary N) is 1. The maximum absolute atomic E-state index is 13.8. The lowest BCUT2D eigenvalue weighted by Gasteiger charge is -2.34. The van der Waals surface area contributed by atoms with Gasteiger partial charge in [0.25, 0.3) is 5.91 Å². The minimum atomic E-state index is -0.602. The summed E-state index contributed by atoms with van der Waals surface area (Å²) in [4.78, 5) is 32.0. The van der Waals surface area contributed by atoms with Crippen molar-refractivity contribution in [3.8, 4) is 11.5 Å². The Hall–Kier alpha value is -3.68. The molecule has 2 heterocycles. The molecule has 0 unspecified atom stereocenters. The van der Waals surface area contributed by atoms with Gasteiger partial charge in [0.2, 0.25) is 11.7 Å². The molecule has 1 saturated heterocycles. The van der Waals surface area contributed by atoms with Gasteiger partial charge in [-0.05, 0) is 62.6 Å². The number of hydrogen-bond donors (Lipinski definition) is 1. The molecule has 0 radical (unpaired) electrons. The van der Waals surface area contributed by atoms with Crippen molar-refractivity contribution >= 4 is 17.5 Å². The quantitative estimate of drug-likeness (QED) is 0.563. The number of oxazole rings is 1. The molecule has 8 heteroatoms.